The van der Waals surface area contributed by atoms with Crippen molar-refractivity contribution in [2.45, 2.75) is 25.1 Å². The van der Waals surface area contributed by atoms with Gasteiger partial charge in [0.05, 0.1) is 16.9 Å². The van der Waals surface area contributed by atoms with Crippen LogP contribution in [0.25, 0.3) is 5.69 Å². The van der Waals surface area contributed by atoms with Crippen LogP contribution in [0.1, 0.15) is 18.4 Å². The normalized spacial score (nSPS) is 18.1. The van der Waals surface area contributed by atoms with Crippen LogP contribution >= 0.6 is 0 Å². The van der Waals surface area contributed by atoms with Crippen LogP contribution in [0.4, 0.5) is 18.9 Å². The lowest BCUT2D eigenvalue weighted by Gasteiger charge is -2.16. The summed E-state index contributed by atoms with van der Waals surface area (Å²) in [5, 5.41) is 6.39. The molecule has 122 valence electrons. The Hall–Kier alpha value is -2.42. The summed E-state index contributed by atoms with van der Waals surface area (Å²) in [7, 11) is 0. The molecule has 1 aliphatic heterocycles. The quantitative estimate of drug-likeness (QED) is 0.940. The van der Waals surface area contributed by atoms with Crippen LogP contribution in [0.15, 0.2) is 30.9 Å². The van der Waals surface area contributed by atoms with Crippen molar-refractivity contribution in [1.82, 2.24) is 14.8 Å². The average molecular weight is 326 g/mol. The summed E-state index contributed by atoms with van der Waals surface area (Å²) in [5.41, 5.74) is -0.559. The summed E-state index contributed by atoms with van der Waals surface area (Å²) >= 11 is 0. The first kappa shape index (κ1) is 15.5. The smallest absolute Gasteiger partial charge is 0.368 e. The molecule has 1 fully saturated rings. The number of benzene rings is 1. The summed E-state index contributed by atoms with van der Waals surface area (Å²) in [4.78, 5) is 15.9. The number of carbonyl (C=O) groups is 1. The number of amides is 1. The van der Waals surface area contributed by atoms with E-state index in [-0.39, 0.29) is 5.69 Å². The minimum absolute atomic E-state index is 0.00539. The van der Waals surface area contributed by atoms with Crippen LogP contribution in [0.2, 0.25) is 0 Å². The van der Waals surface area contributed by atoms with E-state index in [2.05, 4.69) is 15.4 Å². The molecule has 2 heterocycles. The van der Waals surface area contributed by atoms with Gasteiger partial charge in [-0.05, 0) is 31.0 Å². The Morgan fingerprint density at radius 2 is 2.22 bits per heavy atom. The molecule has 0 aliphatic carbocycles. The first-order chi connectivity index (χ1) is 10.9. The maximum Gasteiger partial charge on any atom is 0.416 e. The van der Waals surface area contributed by atoms with Crippen LogP contribution in [0, 0.1) is 0 Å². The van der Waals surface area contributed by atoms with E-state index in [1.165, 1.54) is 23.4 Å². The van der Waals surface area contributed by atoms with Crippen molar-refractivity contribution in [2.75, 3.05) is 11.9 Å². The number of nitrogens with zero attached hydrogens (tertiary/aromatic N) is 3. The second-order valence-corrected chi connectivity index (χ2v) is 5.06. The zero-order chi connectivity index (χ0) is 16.4. The molecule has 2 aromatic rings. The molecule has 1 saturated heterocycles. The van der Waals surface area contributed by atoms with E-state index < -0.39 is 23.8 Å². The maximum atomic E-state index is 12.9. The number of aromatic nitrogens is 3. The van der Waals surface area contributed by atoms with Gasteiger partial charge in [-0.3, -0.25) is 4.79 Å². The summed E-state index contributed by atoms with van der Waals surface area (Å²) in [6.45, 7) is 0.469. The van der Waals surface area contributed by atoms with Gasteiger partial charge in [-0.2, -0.15) is 18.3 Å². The molecule has 1 aliphatic rings. The molecule has 23 heavy (non-hydrogen) atoms. The maximum absolute atomic E-state index is 12.9. The highest BCUT2D eigenvalue weighted by Crippen LogP contribution is 2.33. The fourth-order valence-corrected chi connectivity index (χ4v) is 2.34. The van der Waals surface area contributed by atoms with Gasteiger partial charge in [-0.25, -0.2) is 9.67 Å². The van der Waals surface area contributed by atoms with Crippen LogP contribution in [0.5, 0.6) is 0 Å². The Labute approximate surface area is 129 Å². The average Bonchev–Trinajstić information content (AvgIpc) is 3.20. The van der Waals surface area contributed by atoms with Crippen molar-refractivity contribution >= 4 is 11.6 Å². The van der Waals surface area contributed by atoms with E-state index in [1.807, 2.05) is 0 Å². The number of carbonyl (C=O) groups excluding carboxylic acids is 1. The number of ether oxygens (including phenoxy) is 1. The molecular formula is C14H13F3N4O2. The minimum Gasteiger partial charge on any atom is -0.368 e. The van der Waals surface area contributed by atoms with Gasteiger partial charge in [-0.1, -0.05) is 0 Å². The highest BCUT2D eigenvalue weighted by Gasteiger charge is 2.32. The number of rotatable bonds is 3. The third-order valence-electron chi connectivity index (χ3n) is 3.47. The van der Waals surface area contributed by atoms with Crippen LogP contribution in [-0.2, 0) is 15.7 Å². The van der Waals surface area contributed by atoms with Gasteiger partial charge in [0.2, 0.25) is 0 Å². The molecule has 0 bridgehead atoms. The molecule has 1 amide bonds. The second kappa shape index (κ2) is 5.99. The molecule has 6 nitrogen and oxygen atoms in total. The van der Waals surface area contributed by atoms with Gasteiger partial charge in [0.1, 0.15) is 18.8 Å². The van der Waals surface area contributed by atoms with E-state index >= 15 is 0 Å². The molecular weight excluding hydrogens is 313 g/mol. The Bertz CT molecular complexity index is 695. The molecule has 0 spiro atoms. The fourth-order valence-electron chi connectivity index (χ4n) is 2.34. The Morgan fingerprint density at radius 3 is 2.83 bits per heavy atom. The molecule has 0 unspecified atom stereocenters. The van der Waals surface area contributed by atoms with E-state index in [0.717, 1.165) is 18.6 Å². The Morgan fingerprint density at radius 1 is 1.39 bits per heavy atom. The van der Waals surface area contributed by atoms with Crippen molar-refractivity contribution in [2.24, 2.45) is 0 Å². The van der Waals surface area contributed by atoms with E-state index in [9.17, 15) is 18.0 Å². The van der Waals surface area contributed by atoms with E-state index in [4.69, 9.17) is 4.74 Å². The number of halogens is 3. The van der Waals surface area contributed by atoms with E-state index in [1.54, 1.807) is 0 Å². The van der Waals surface area contributed by atoms with Crippen LogP contribution in [0.3, 0.4) is 0 Å². The summed E-state index contributed by atoms with van der Waals surface area (Å²) in [5.74, 6) is -0.469. The summed E-state index contributed by atoms with van der Waals surface area (Å²) in [6, 6.07) is 3.05. The summed E-state index contributed by atoms with van der Waals surface area (Å²) in [6.07, 6.45) is -1.27. The SMILES string of the molecule is O=C(Nc1cc(C(F)(F)F)ccc1-n1cncn1)[C@@H]1CCCO1. The predicted octanol–water partition coefficient (Wildman–Crippen LogP) is 2.40. The molecule has 1 aromatic carbocycles. The number of anilines is 1. The van der Waals surface area contributed by atoms with Crippen molar-refractivity contribution < 1.29 is 22.7 Å². The van der Waals surface area contributed by atoms with Gasteiger partial charge in [-0.15, -0.1) is 0 Å². The van der Waals surface area contributed by atoms with Gasteiger partial charge in [0.25, 0.3) is 5.91 Å². The van der Waals surface area contributed by atoms with Gasteiger partial charge in [0.15, 0.2) is 0 Å². The molecule has 1 atom stereocenters. The van der Waals surface area contributed by atoms with Crippen molar-refractivity contribution in [3.05, 3.63) is 36.4 Å². The first-order valence-corrected chi connectivity index (χ1v) is 6.94. The molecule has 9 heteroatoms. The second-order valence-electron chi connectivity index (χ2n) is 5.06. The zero-order valence-electron chi connectivity index (χ0n) is 11.9. The van der Waals surface area contributed by atoms with Gasteiger partial charge < -0.3 is 10.1 Å². The molecule has 1 aromatic heterocycles. The van der Waals surface area contributed by atoms with Gasteiger partial charge >= 0.3 is 6.18 Å². The lowest BCUT2D eigenvalue weighted by molar-refractivity contribution is -0.137. The van der Waals surface area contributed by atoms with E-state index in [0.29, 0.717) is 18.7 Å². The standard InChI is InChI=1S/C14H13F3N4O2/c15-14(16,17)9-3-4-11(21-8-18-7-19-21)10(6-9)20-13(22)12-2-1-5-23-12/h3-4,6-8,12H,1-2,5H2,(H,20,22)/t12-/m0/s1. The molecule has 1 N–H and O–H groups in total. The largest absolute Gasteiger partial charge is 0.416 e. The number of hydrogen-bond donors (Lipinski definition) is 1. The summed E-state index contributed by atoms with van der Waals surface area (Å²) < 4.78 is 45.3. The first-order valence-electron chi connectivity index (χ1n) is 6.94. The third kappa shape index (κ3) is 3.34. The highest BCUT2D eigenvalue weighted by atomic mass is 19.4. The Balaban J connectivity index is 1.95. The molecule has 3 rings (SSSR count). The number of alkyl halides is 3. The van der Waals surface area contributed by atoms with Crippen molar-refractivity contribution in [3.8, 4) is 5.69 Å². The van der Waals surface area contributed by atoms with Crippen LogP contribution in [-0.4, -0.2) is 33.4 Å². The highest BCUT2D eigenvalue weighted by molar-refractivity contribution is 5.96. The Kier molecular flexibility index (Phi) is 4.03. The zero-order valence-corrected chi connectivity index (χ0v) is 11.9. The molecule has 0 radical (unpaired) electrons. The third-order valence-corrected chi connectivity index (χ3v) is 3.47. The van der Waals surface area contributed by atoms with Gasteiger partial charge in [0, 0.05) is 6.61 Å². The topological polar surface area (TPSA) is 69.0 Å². The minimum atomic E-state index is -4.51. The number of hydrogen-bond acceptors (Lipinski definition) is 4. The monoisotopic (exact) mass is 326 g/mol. The van der Waals surface area contributed by atoms with Crippen LogP contribution < -0.4 is 5.32 Å². The number of nitrogens with one attached hydrogen (secondary N) is 1. The van der Waals surface area contributed by atoms with Crippen molar-refractivity contribution in [1.29, 1.82) is 0 Å². The van der Waals surface area contributed by atoms with Crippen molar-refractivity contribution in [3.63, 3.8) is 0 Å². The lowest BCUT2D eigenvalue weighted by Crippen LogP contribution is -2.27. The fraction of sp³-hybridized carbons (Fsp3) is 0.357. The molecule has 0 saturated carbocycles. The lowest BCUT2D eigenvalue weighted by atomic mass is 10.1. The predicted molar refractivity (Wildman–Crippen MR) is 74.0 cm³/mol.